The summed E-state index contributed by atoms with van der Waals surface area (Å²) in [7, 11) is 0. The van der Waals surface area contributed by atoms with Gasteiger partial charge in [0.2, 0.25) is 0 Å². The zero-order chi connectivity index (χ0) is 7.49. The molecule has 3 heteroatoms. The number of hydrogen-bond acceptors (Lipinski definition) is 3. The lowest BCUT2D eigenvalue weighted by molar-refractivity contribution is 0.0321. The van der Waals surface area contributed by atoms with Crippen molar-refractivity contribution in [3.8, 4) is 6.07 Å². The van der Waals surface area contributed by atoms with Crippen LogP contribution in [0.3, 0.4) is 0 Å². The van der Waals surface area contributed by atoms with Gasteiger partial charge in [-0.05, 0) is 6.92 Å². The molecule has 0 aromatic carbocycles. The van der Waals surface area contributed by atoms with Crippen LogP contribution in [-0.4, -0.2) is 22.4 Å². The first kappa shape index (κ1) is 8.41. The Labute approximate surface area is 54.5 Å². The molecule has 0 amide bonds. The van der Waals surface area contributed by atoms with Gasteiger partial charge in [0, 0.05) is 12.5 Å². The van der Waals surface area contributed by atoms with Crippen molar-refractivity contribution >= 4 is 0 Å². The Kier molecular flexibility index (Phi) is 2.63. The van der Waals surface area contributed by atoms with Gasteiger partial charge in [-0.3, -0.25) is 0 Å². The molecule has 0 radical (unpaired) electrons. The molecule has 3 nitrogen and oxygen atoms in total. The van der Waals surface area contributed by atoms with Gasteiger partial charge >= 0.3 is 0 Å². The molecule has 2 N–H and O–H groups in total. The number of hydrogen-bond donors (Lipinski definition) is 2. The molecule has 0 aliphatic carbocycles. The molecule has 2 unspecified atom stereocenters. The molecule has 52 valence electrons. The number of aliphatic hydroxyl groups is 2. The first-order chi connectivity index (χ1) is 4.04. The Morgan fingerprint density at radius 3 is 2.33 bits per heavy atom. The molecule has 2 atom stereocenters. The summed E-state index contributed by atoms with van der Waals surface area (Å²) in [5, 5.41) is 25.8. The van der Waals surface area contributed by atoms with Gasteiger partial charge in [-0.15, -0.1) is 0 Å². The van der Waals surface area contributed by atoms with Gasteiger partial charge in [0.05, 0.1) is 6.07 Å². The summed E-state index contributed by atoms with van der Waals surface area (Å²) < 4.78 is 0. The van der Waals surface area contributed by atoms with Crippen LogP contribution < -0.4 is 0 Å². The fourth-order valence-corrected chi connectivity index (χ4v) is 0.288. The predicted molar refractivity (Wildman–Crippen MR) is 32.5 cm³/mol. The Hall–Kier alpha value is -0.590. The summed E-state index contributed by atoms with van der Waals surface area (Å²) in [6, 6.07) is 1.69. The second-order valence-corrected chi connectivity index (χ2v) is 2.34. The van der Waals surface area contributed by atoms with Crippen molar-refractivity contribution in [3.05, 3.63) is 0 Å². The minimum Gasteiger partial charge on any atom is -0.396 e. The highest BCUT2D eigenvalue weighted by atomic mass is 16.3. The van der Waals surface area contributed by atoms with Crippen molar-refractivity contribution in [2.45, 2.75) is 19.4 Å². The van der Waals surface area contributed by atoms with Crippen LogP contribution in [0.15, 0.2) is 0 Å². The Balaban J connectivity index is 4.01. The maximum atomic E-state index is 9.07. The van der Waals surface area contributed by atoms with Gasteiger partial charge in [-0.2, -0.15) is 5.26 Å². The van der Waals surface area contributed by atoms with Crippen molar-refractivity contribution in [1.82, 2.24) is 0 Å². The number of rotatable bonds is 2. The lowest BCUT2D eigenvalue weighted by atomic mass is 9.93. The maximum absolute atomic E-state index is 9.07. The third-order valence-corrected chi connectivity index (χ3v) is 1.46. The zero-order valence-corrected chi connectivity index (χ0v) is 5.63. The van der Waals surface area contributed by atoms with Gasteiger partial charge in [-0.1, -0.05) is 6.92 Å². The van der Waals surface area contributed by atoms with Crippen molar-refractivity contribution in [2.75, 3.05) is 6.61 Å². The minimum atomic E-state index is -1.39. The third kappa shape index (κ3) is 2.00. The minimum absolute atomic E-state index is 0.166. The predicted octanol–water partition coefficient (Wildman–Crippen LogP) is -0.111. The highest BCUT2D eigenvalue weighted by Crippen LogP contribution is 2.13. The van der Waals surface area contributed by atoms with Crippen LogP contribution in [0.4, 0.5) is 0 Å². The van der Waals surface area contributed by atoms with E-state index in [-0.39, 0.29) is 12.5 Å². The van der Waals surface area contributed by atoms with Crippen molar-refractivity contribution < 1.29 is 10.2 Å². The molecule has 0 fully saturated rings. The van der Waals surface area contributed by atoms with E-state index in [2.05, 4.69) is 0 Å². The van der Waals surface area contributed by atoms with Crippen LogP contribution in [-0.2, 0) is 0 Å². The highest BCUT2D eigenvalue weighted by Gasteiger charge is 2.26. The highest BCUT2D eigenvalue weighted by molar-refractivity contribution is 4.99. The van der Waals surface area contributed by atoms with E-state index >= 15 is 0 Å². The molecule has 0 rings (SSSR count). The molecule has 0 saturated carbocycles. The van der Waals surface area contributed by atoms with E-state index in [0.29, 0.717) is 0 Å². The number of nitriles is 1. The monoisotopic (exact) mass is 129 g/mol. The normalized spacial score (nSPS) is 19.9. The topological polar surface area (TPSA) is 64.2 Å². The number of aliphatic hydroxyl groups excluding tert-OH is 1. The summed E-state index contributed by atoms with van der Waals surface area (Å²) in [5.41, 5.74) is -1.39. The molecular formula is C6H11NO2. The summed E-state index contributed by atoms with van der Waals surface area (Å²) in [4.78, 5) is 0. The summed E-state index contributed by atoms with van der Waals surface area (Å²) >= 11 is 0. The van der Waals surface area contributed by atoms with Crippen LogP contribution >= 0.6 is 0 Å². The average Bonchev–Trinajstić information content (AvgIpc) is 1.86. The molecule has 0 heterocycles. The largest absolute Gasteiger partial charge is 0.396 e. The quantitative estimate of drug-likeness (QED) is 0.511. The smallest absolute Gasteiger partial charge is 0.153 e. The Morgan fingerprint density at radius 1 is 1.78 bits per heavy atom. The summed E-state index contributed by atoms with van der Waals surface area (Å²) in [5.74, 6) is -0.387. The fraction of sp³-hybridized carbons (Fsp3) is 0.833. The molecule has 0 aliphatic rings. The Morgan fingerprint density at radius 2 is 2.22 bits per heavy atom. The molecule has 0 aromatic heterocycles. The van der Waals surface area contributed by atoms with Crippen molar-refractivity contribution in [3.63, 3.8) is 0 Å². The molecular weight excluding hydrogens is 118 g/mol. The third-order valence-electron chi connectivity index (χ3n) is 1.46. The molecule has 0 aromatic rings. The van der Waals surface area contributed by atoms with Gasteiger partial charge < -0.3 is 10.2 Å². The lowest BCUT2D eigenvalue weighted by Gasteiger charge is -2.19. The summed E-state index contributed by atoms with van der Waals surface area (Å²) in [6.07, 6.45) is 0. The van der Waals surface area contributed by atoms with Gasteiger partial charge in [0.25, 0.3) is 0 Å². The zero-order valence-electron chi connectivity index (χ0n) is 5.63. The molecule has 9 heavy (non-hydrogen) atoms. The van der Waals surface area contributed by atoms with Crippen LogP contribution in [0.5, 0.6) is 0 Å². The van der Waals surface area contributed by atoms with E-state index < -0.39 is 5.60 Å². The molecule has 0 aliphatic heterocycles. The van der Waals surface area contributed by atoms with Crippen molar-refractivity contribution in [2.24, 2.45) is 5.92 Å². The standard InChI is InChI=1S/C6H11NO2/c1-5(3-8)6(2,9)4-7/h5,8-9H,3H2,1-2H3. The lowest BCUT2D eigenvalue weighted by Crippen LogP contribution is -2.32. The fourth-order valence-electron chi connectivity index (χ4n) is 0.288. The Bertz CT molecular complexity index is 126. The second-order valence-electron chi connectivity index (χ2n) is 2.34. The van der Waals surface area contributed by atoms with E-state index in [0.717, 1.165) is 0 Å². The van der Waals surface area contributed by atoms with Crippen LogP contribution in [0.25, 0.3) is 0 Å². The van der Waals surface area contributed by atoms with E-state index in [9.17, 15) is 0 Å². The van der Waals surface area contributed by atoms with Crippen LogP contribution in [0, 0.1) is 17.2 Å². The van der Waals surface area contributed by atoms with Gasteiger partial charge in [0.1, 0.15) is 0 Å². The van der Waals surface area contributed by atoms with E-state index in [1.54, 1.807) is 13.0 Å². The van der Waals surface area contributed by atoms with E-state index in [4.69, 9.17) is 15.5 Å². The SMILES string of the molecule is CC(CO)C(C)(O)C#N. The second kappa shape index (κ2) is 2.81. The van der Waals surface area contributed by atoms with E-state index in [1.165, 1.54) is 6.92 Å². The first-order valence-corrected chi connectivity index (χ1v) is 2.79. The van der Waals surface area contributed by atoms with E-state index in [1.807, 2.05) is 0 Å². The molecule has 0 bridgehead atoms. The molecule has 0 spiro atoms. The van der Waals surface area contributed by atoms with Gasteiger partial charge in [0.15, 0.2) is 5.60 Å². The van der Waals surface area contributed by atoms with Crippen molar-refractivity contribution in [1.29, 1.82) is 5.26 Å². The van der Waals surface area contributed by atoms with Crippen LogP contribution in [0.2, 0.25) is 0 Å². The number of nitrogens with zero attached hydrogens (tertiary/aromatic N) is 1. The van der Waals surface area contributed by atoms with Gasteiger partial charge in [-0.25, -0.2) is 0 Å². The first-order valence-electron chi connectivity index (χ1n) is 2.79. The maximum Gasteiger partial charge on any atom is 0.153 e. The molecule has 0 saturated heterocycles. The van der Waals surface area contributed by atoms with Crippen LogP contribution in [0.1, 0.15) is 13.8 Å². The average molecular weight is 129 g/mol. The summed E-state index contributed by atoms with van der Waals surface area (Å²) in [6.45, 7) is 2.83.